The zero-order valence-electron chi connectivity index (χ0n) is 16.7. The van der Waals surface area contributed by atoms with Crippen LogP contribution in [-0.2, 0) is 0 Å². The number of rotatable bonds is 5. The Morgan fingerprint density at radius 2 is 1.61 bits per heavy atom. The Morgan fingerprint density at radius 3 is 2.35 bits per heavy atom. The van der Waals surface area contributed by atoms with Crippen molar-refractivity contribution < 1.29 is 14.0 Å². The standard InChI is InChI=1S/C25H19ClN2O3/c1-16-14-20(10-11-21(16)28-24(29)17-6-3-2-4-7-17)27-25(30)23-13-12-22(31-23)18-8-5-9-19(26)15-18/h2-15H,1H3,(H,27,30)(H,28,29). The van der Waals surface area contributed by atoms with Gasteiger partial charge in [0.2, 0.25) is 0 Å². The van der Waals surface area contributed by atoms with Crippen molar-refractivity contribution in [2.24, 2.45) is 0 Å². The summed E-state index contributed by atoms with van der Waals surface area (Å²) in [6.45, 7) is 1.86. The topological polar surface area (TPSA) is 71.3 Å². The van der Waals surface area contributed by atoms with E-state index in [4.69, 9.17) is 16.0 Å². The molecule has 5 nitrogen and oxygen atoms in total. The molecule has 0 aliphatic carbocycles. The van der Waals surface area contributed by atoms with E-state index in [-0.39, 0.29) is 17.6 Å². The number of hydrogen-bond donors (Lipinski definition) is 2. The van der Waals surface area contributed by atoms with Crippen molar-refractivity contribution >= 4 is 34.8 Å². The number of nitrogens with one attached hydrogen (secondary N) is 2. The van der Waals surface area contributed by atoms with E-state index >= 15 is 0 Å². The Balaban J connectivity index is 1.44. The average molecular weight is 431 g/mol. The van der Waals surface area contributed by atoms with E-state index in [1.807, 2.05) is 37.3 Å². The minimum absolute atomic E-state index is 0.189. The molecular formula is C25H19ClN2O3. The third-order valence-electron chi connectivity index (χ3n) is 4.71. The first kappa shape index (κ1) is 20.4. The van der Waals surface area contributed by atoms with E-state index < -0.39 is 0 Å². The first-order valence-electron chi connectivity index (χ1n) is 9.64. The average Bonchev–Trinajstić information content (AvgIpc) is 3.27. The molecule has 0 fully saturated rings. The third kappa shape index (κ3) is 4.85. The highest BCUT2D eigenvalue weighted by molar-refractivity contribution is 6.30. The zero-order valence-corrected chi connectivity index (χ0v) is 17.4. The quantitative estimate of drug-likeness (QED) is 0.384. The van der Waals surface area contributed by atoms with Gasteiger partial charge in [-0.25, -0.2) is 0 Å². The smallest absolute Gasteiger partial charge is 0.291 e. The van der Waals surface area contributed by atoms with E-state index in [9.17, 15) is 9.59 Å². The molecule has 6 heteroatoms. The highest BCUT2D eigenvalue weighted by Crippen LogP contribution is 2.26. The largest absolute Gasteiger partial charge is 0.451 e. The molecule has 31 heavy (non-hydrogen) atoms. The highest BCUT2D eigenvalue weighted by atomic mass is 35.5. The second kappa shape index (κ2) is 8.90. The van der Waals surface area contributed by atoms with E-state index in [2.05, 4.69) is 10.6 Å². The fourth-order valence-electron chi connectivity index (χ4n) is 3.12. The maximum Gasteiger partial charge on any atom is 0.291 e. The van der Waals surface area contributed by atoms with Crippen molar-refractivity contribution in [2.75, 3.05) is 10.6 Å². The van der Waals surface area contributed by atoms with Gasteiger partial charge in [-0.2, -0.15) is 0 Å². The Bertz CT molecular complexity index is 1250. The van der Waals surface area contributed by atoms with Crippen LogP contribution in [0.25, 0.3) is 11.3 Å². The van der Waals surface area contributed by atoms with E-state index in [1.54, 1.807) is 54.6 Å². The van der Waals surface area contributed by atoms with Crippen LogP contribution in [0, 0.1) is 6.92 Å². The molecule has 3 aromatic carbocycles. The molecule has 0 radical (unpaired) electrons. The number of carbonyl (C=O) groups is 2. The number of benzene rings is 3. The summed E-state index contributed by atoms with van der Waals surface area (Å²) >= 11 is 6.02. The zero-order chi connectivity index (χ0) is 21.8. The van der Waals surface area contributed by atoms with Gasteiger partial charge in [-0.05, 0) is 67.1 Å². The van der Waals surface area contributed by atoms with Crippen LogP contribution in [-0.4, -0.2) is 11.8 Å². The van der Waals surface area contributed by atoms with Crippen molar-refractivity contribution in [3.05, 3.63) is 107 Å². The van der Waals surface area contributed by atoms with Gasteiger partial charge >= 0.3 is 0 Å². The van der Waals surface area contributed by atoms with Gasteiger partial charge in [0.1, 0.15) is 5.76 Å². The molecule has 0 spiro atoms. The summed E-state index contributed by atoms with van der Waals surface area (Å²) in [4.78, 5) is 24.9. The molecule has 1 aromatic heterocycles. The SMILES string of the molecule is Cc1cc(NC(=O)c2ccc(-c3cccc(Cl)c3)o2)ccc1NC(=O)c1ccccc1. The maximum atomic E-state index is 12.6. The van der Waals surface area contributed by atoms with E-state index in [1.165, 1.54) is 0 Å². The summed E-state index contributed by atoms with van der Waals surface area (Å²) in [7, 11) is 0. The molecular weight excluding hydrogens is 412 g/mol. The molecule has 0 atom stereocenters. The third-order valence-corrected chi connectivity index (χ3v) is 4.94. The highest BCUT2D eigenvalue weighted by Gasteiger charge is 2.14. The molecule has 0 saturated carbocycles. The monoisotopic (exact) mass is 430 g/mol. The van der Waals surface area contributed by atoms with Crippen LogP contribution in [0.3, 0.4) is 0 Å². The minimum Gasteiger partial charge on any atom is -0.451 e. The summed E-state index contributed by atoms with van der Waals surface area (Å²) in [6.07, 6.45) is 0. The lowest BCUT2D eigenvalue weighted by molar-refractivity contribution is 0.0995. The minimum atomic E-state index is -0.367. The van der Waals surface area contributed by atoms with Gasteiger partial charge < -0.3 is 15.1 Å². The van der Waals surface area contributed by atoms with Gasteiger partial charge in [-0.3, -0.25) is 9.59 Å². The first-order valence-corrected chi connectivity index (χ1v) is 10.0. The predicted octanol–water partition coefficient (Wildman–Crippen LogP) is 6.41. The lowest BCUT2D eigenvalue weighted by atomic mass is 10.1. The number of aryl methyl sites for hydroxylation is 1. The molecule has 2 amide bonds. The number of anilines is 2. The second-order valence-corrected chi connectivity index (χ2v) is 7.41. The van der Waals surface area contributed by atoms with Crippen LogP contribution in [0.2, 0.25) is 5.02 Å². The van der Waals surface area contributed by atoms with Crippen molar-refractivity contribution in [3.8, 4) is 11.3 Å². The molecule has 0 bridgehead atoms. The van der Waals surface area contributed by atoms with Crippen LogP contribution in [0.1, 0.15) is 26.5 Å². The van der Waals surface area contributed by atoms with Crippen molar-refractivity contribution in [3.63, 3.8) is 0 Å². The van der Waals surface area contributed by atoms with Gasteiger partial charge in [0, 0.05) is 27.5 Å². The predicted molar refractivity (Wildman–Crippen MR) is 123 cm³/mol. The van der Waals surface area contributed by atoms with E-state index in [0.29, 0.717) is 27.7 Å². The number of amides is 2. The fraction of sp³-hybridized carbons (Fsp3) is 0.0400. The first-order chi connectivity index (χ1) is 15.0. The van der Waals surface area contributed by atoms with Gasteiger partial charge in [0.15, 0.2) is 5.76 Å². The Kier molecular flexibility index (Phi) is 5.87. The van der Waals surface area contributed by atoms with Gasteiger partial charge in [-0.15, -0.1) is 0 Å². The molecule has 1 heterocycles. The lowest BCUT2D eigenvalue weighted by Crippen LogP contribution is -2.14. The molecule has 0 aliphatic rings. The van der Waals surface area contributed by atoms with Gasteiger partial charge in [0.25, 0.3) is 11.8 Å². The van der Waals surface area contributed by atoms with Crippen LogP contribution >= 0.6 is 11.6 Å². The van der Waals surface area contributed by atoms with Crippen molar-refractivity contribution in [2.45, 2.75) is 6.92 Å². The molecule has 4 aromatic rings. The van der Waals surface area contributed by atoms with Crippen LogP contribution in [0.15, 0.2) is 89.3 Å². The summed E-state index contributed by atoms with van der Waals surface area (Å²) in [5, 5.41) is 6.29. The van der Waals surface area contributed by atoms with Crippen LogP contribution in [0.5, 0.6) is 0 Å². The summed E-state index contributed by atoms with van der Waals surface area (Å²) in [5.74, 6) is 0.190. The molecule has 154 valence electrons. The number of halogens is 1. The summed E-state index contributed by atoms with van der Waals surface area (Å²) in [6, 6.07) is 24.8. The summed E-state index contributed by atoms with van der Waals surface area (Å²) in [5.41, 5.74) is 3.46. The maximum absolute atomic E-state index is 12.6. The number of carbonyl (C=O) groups excluding carboxylic acids is 2. The molecule has 0 saturated heterocycles. The lowest BCUT2D eigenvalue weighted by Gasteiger charge is -2.11. The van der Waals surface area contributed by atoms with Gasteiger partial charge in [-0.1, -0.05) is 41.9 Å². The van der Waals surface area contributed by atoms with Crippen molar-refractivity contribution in [1.29, 1.82) is 0 Å². The summed E-state index contributed by atoms with van der Waals surface area (Å²) < 4.78 is 5.69. The van der Waals surface area contributed by atoms with Crippen molar-refractivity contribution in [1.82, 2.24) is 0 Å². The van der Waals surface area contributed by atoms with Gasteiger partial charge in [0.05, 0.1) is 0 Å². The second-order valence-electron chi connectivity index (χ2n) is 6.98. The fourth-order valence-corrected chi connectivity index (χ4v) is 3.31. The molecule has 2 N–H and O–H groups in total. The molecule has 0 unspecified atom stereocenters. The number of hydrogen-bond acceptors (Lipinski definition) is 3. The molecule has 4 rings (SSSR count). The Hall–Kier alpha value is -3.83. The number of furan rings is 1. The normalized spacial score (nSPS) is 10.5. The van der Waals surface area contributed by atoms with E-state index in [0.717, 1.165) is 11.1 Å². The Morgan fingerprint density at radius 1 is 0.806 bits per heavy atom. The van der Waals surface area contributed by atoms with Crippen LogP contribution in [0.4, 0.5) is 11.4 Å². The Labute approximate surface area is 184 Å². The molecule has 0 aliphatic heterocycles. The van der Waals surface area contributed by atoms with Crippen LogP contribution < -0.4 is 10.6 Å².